The van der Waals surface area contributed by atoms with Crippen molar-refractivity contribution in [2.75, 3.05) is 18.4 Å². The maximum absolute atomic E-state index is 12.7. The number of piperidine rings is 1. The minimum atomic E-state index is -4.52. The number of halogens is 3. The molecule has 9 heteroatoms. The number of carbonyl (C=O) groups is 1. The largest absolute Gasteiger partial charge is 0.490 e. The number of carbonyl (C=O) groups excluding carboxylic acids is 1. The molecular weight excluding hydrogens is 373 g/mol. The van der Waals surface area contributed by atoms with Crippen molar-refractivity contribution < 1.29 is 22.7 Å². The Morgan fingerprint density at radius 2 is 1.89 bits per heavy atom. The molecule has 1 aromatic heterocycles. The van der Waals surface area contributed by atoms with E-state index < -0.39 is 11.9 Å². The quantitative estimate of drug-likeness (QED) is 0.784. The molecule has 0 atom stereocenters. The molecule has 3 rings (SSSR count). The number of benzene rings is 1. The fourth-order valence-corrected chi connectivity index (χ4v) is 2.86. The van der Waals surface area contributed by atoms with Crippen molar-refractivity contribution in [1.82, 2.24) is 14.9 Å². The standard InChI is InChI=1S/C19H19F3N4O2/c1-2-18(27)26-9-7-15(8-10-26)28-14-5-3-13(4-6-14)25-17-11-16(19(20,21)22)23-12-24-17/h2-6,11-12,15H,1,7-10H2,(H,23,24,25). The molecule has 0 bridgehead atoms. The van der Waals surface area contributed by atoms with E-state index in [0.29, 0.717) is 24.5 Å². The fourth-order valence-electron chi connectivity index (χ4n) is 2.86. The van der Waals surface area contributed by atoms with Crippen LogP contribution in [0.5, 0.6) is 5.75 Å². The van der Waals surface area contributed by atoms with Gasteiger partial charge in [-0.2, -0.15) is 13.2 Å². The van der Waals surface area contributed by atoms with Crippen molar-refractivity contribution >= 4 is 17.4 Å². The number of likely N-dealkylation sites (tertiary alicyclic amines) is 1. The van der Waals surface area contributed by atoms with Crippen molar-refractivity contribution in [3.05, 3.63) is 55.0 Å². The number of nitrogens with one attached hydrogen (secondary N) is 1. The lowest BCUT2D eigenvalue weighted by molar-refractivity contribution is -0.141. The van der Waals surface area contributed by atoms with Gasteiger partial charge in [0.15, 0.2) is 0 Å². The molecule has 2 heterocycles. The second-order valence-electron chi connectivity index (χ2n) is 6.28. The molecule has 1 N–H and O–H groups in total. The first kappa shape index (κ1) is 19.7. The van der Waals surface area contributed by atoms with Gasteiger partial charge in [0.25, 0.3) is 0 Å². The van der Waals surface area contributed by atoms with Gasteiger partial charge in [-0.15, -0.1) is 0 Å². The summed E-state index contributed by atoms with van der Waals surface area (Å²) in [5.74, 6) is 0.625. The zero-order valence-electron chi connectivity index (χ0n) is 14.9. The first-order valence-electron chi connectivity index (χ1n) is 8.69. The molecule has 1 aliphatic heterocycles. The highest BCUT2D eigenvalue weighted by molar-refractivity contribution is 5.87. The van der Waals surface area contributed by atoms with Crippen molar-refractivity contribution in [2.24, 2.45) is 0 Å². The molecule has 1 fully saturated rings. The summed E-state index contributed by atoms with van der Waals surface area (Å²) in [7, 11) is 0. The summed E-state index contributed by atoms with van der Waals surface area (Å²) < 4.78 is 44.0. The van der Waals surface area contributed by atoms with E-state index in [-0.39, 0.29) is 17.8 Å². The van der Waals surface area contributed by atoms with E-state index in [1.165, 1.54) is 6.08 Å². The second kappa shape index (κ2) is 8.28. The topological polar surface area (TPSA) is 67.3 Å². The van der Waals surface area contributed by atoms with E-state index in [1.807, 2.05) is 0 Å². The van der Waals surface area contributed by atoms with Crippen LogP contribution in [0.4, 0.5) is 24.7 Å². The Labute approximate surface area is 160 Å². The van der Waals surface area contributed by atoms with Crippen LogP contribution in [-0.4, -0.2) is 40.0 Å². The molecule has 6 nitrogen and oxygen atoms in total. The van der Waals surface area contributed by atoms with Gasteiger partial charge in [-0.05, 0) is 30.3 Å². The minimum absolute atomic E-state index is 0.00360. The molecular formula is C19H19F3N4O2. The lowest BCUT2D eigenvalue weighted by atomic mass is 10.1. The van der Waals surface area contributed by atoms with Crippen LogP contribution < -0.4 is 10.1 Å². The molecule has 148 valence electrons. The minimum Gasteiger partial charge on any atom is -0.490 e. The summed E-state index contributed by atoms with van der Waals surface area (Å²) in [5, 5.41) is 2.81. The highest BCUT2D eigenvalue weighted by Crippen LogP contribution is 2.29. The van der Waals surface area contributed by atoms with Gasteiger partial charge in [0.05, 0.1) is 0 Å². The first-order valence-corrected chi connectivity index (χ1v) is 8.69. The third kappa shape index (κ3) is 4.99. The van der Waals surface area contributed by atoms with E-state index in [2.05, 4.69) is 21.9 Å². The smallest absolute Gasteiger partial charge is 0.433 e. The molecule has 0 spiro atoms. The molecule has 0 saturated carbocycles. The van der Waals surface area contributed by atoms with Crippen LogP contribution in [0.2, 0.25) is 0 Å². The number of ether oxygens (including phenoxy) is 1. The van der Waals surface area contributed by atoms with Crippen molar-refractivity contribution in [2.45, 2.75) is 25.1 Å². The lowest BCUT2D eigenvalue weighted by Crippen LogP contribution is -2.41. The highest BCUT2D eigenvalue weighted by atomic mass is 19.4. The number of nitrogens with zero attached hydrogens (tertiary/aromatic N) is 3. The predicted octanol–water partition coefficient (Wildman–Crippen LogP) is 3.79. The van der Waals surface area contributed by atoms with E-state index >= 15 is 0 Å². The van der Waals surface area contributed by atoms with E-state index in [4.69, 9.17) is 4.74 Å². The van der Waals surface area contributed by atoms with Gasteiger partial charge in [-0.25, -0.2) is 9.97 Å². The lowest BCUT2D eigenvalue weighted by Gasteiger charge is -2.31. The zero-order valence-corrected chi connectivity index (χ0v) is 14.9. The van der Waals surface area contributed by atoms with Gasteiger partial charge in [-0.1, -0.05) is 6.58 Å². The third-order valence-corrected chi connectivity index (χ3v) is 4.32. The summed E-state index contributed by atoms with van der Waals surface area (Å²) >= 11 is 0. The summed E-state index contributed by atoms with van der Waals surface area (Å²) in [6.45, 7) is 4.72. The number of alkyl halides is 3. The number of hydrogen-bond acceptors (Lipinski definition) is 5. The van der Waals surface area contributed by atoms with Gasteiger partial charge in [0.1, 0.15) is 29.7 Å². The number of aromatic nitrogens is 2. The summed E-state index contributed by atoms with van der Waals surface area (Å²) in [6.07, 6.45) is -0.900. The normalized spacial score (nSPS) is 15.2. The Morgan fingerprint density at radius 1 is 1.21 bits per heavy atom. The fraction of sp³-hybridized carbons (Fsp3) is 0.316. The Balaban J connectivity index is 1.56. The number of rotatable bonds is 5. The summed E-state index contributed by atoms with van der Waals surface area (Å²) in [4.78, 5) is 20.3. The van der Waals surface area contributed by atoms with Crippen LogP contribution in [0, 0.1) is 0 Å². The average molecular weight is 392 g/mol. The maximum atomic E-state index is 12.7. The van der Waals surface area contributed by atoms with Crippen molar-refractivity contribution in [1.29, 1.82) is 0 Å². The summed E-state index contributed by atoms with van der Waals surface area (Å²) in [6, 6.07) is 7.70. The third-order valence-electron chi connectivity index (χ3n) is 4.32. The SMILES string of the molecule is C=CC(=O)N1CCC(Oc2ccc(Nc3cc(C(F)(F)F)ncn3)cc2)CC1. The van der Waals surface area contributed by atoms with E-state index in [0.717, 1.165) is 25.2 Å². The number of anilines is 2. The highest BCUT2D eigenvalue weighted by Gasteiger charge is 2.32. The van der Waals surface area contributed by atoms with Crippen LogP contribution >= 0.6 is 0 Å². The van der Waals surface area contributed by atoms with Crippen molar-refractivity contribution in [3.8, 4) is 5.75 Å². The first-order chi connectivity index (χ1) is 13.3. The van der Waals surface area contributed by atoms with Crippen LogP contribution in [0.15, 0.2) is 49.3 Å². The summed E-state index contributed by atoms with van der Waals surface area (Å²) in [5.41, 5.74) is -0.434. The van der Waals surface area contributed by atoms with Gasteiger partial charge in [0.2, 0.25) is 5.91 Å². The Hall–Kier alpha value is -3.10. The predicted molar refractivity (Wildman–Crippen MR) is 97.2 cm³/mol. The van der Waals surface area contributed by atoms with Gasteiger partial charge < -0.3 is 15.0 Å². The zero-order chi connectivity index (χ0) is 20.1. The van der Waals surface area contributed by atoms with E-state index in [1.54, 1.807) is 29.2 Å². The van der Waals surface area contributed by atoms with Gasteiger partial charge in [-0.3, -0.25) is 4.79 Å². The van der Waals surface area contributed by atoms with Crippen LogP contribution in [-0.2, 0) is 11.0 Å². The van der Waals surface area contributed by atoms with Gasteiger partial charge in [0, 0.05) is 37.7 Å². The monoisotopic (exact) mass is 392 g/mol. The maximum Gasteiger partial charge on any atom is 0.433 e. The molecule has 1 aliphatic rings. The molecule has 1 aromatic carbocycles. The second-order valence-corrected chi connectivity index (χ2v) is 6.28. The average Bonchev–Trinajstić information content (AvgIpc) is 2.69. The molecule has 28 heavy (non-hydrogen) atoms. The Kier molecular flexibility index (Phi) is 5.81. The molecule has 1 saturated heterocycles. The molecule has 1 amide bonds. The van der Waals surface area contributed by atoms with Crippen LogP contribution in [0.25, 0.3) is 0 Å². The van der Waals surface area contributed by atoms with E-state index in [9.17, 15) is 18.0 Å². The van der Waals surface area contributed by atoms with Gasteiger partial charge >= 0.3 is 6.18 Å². The molecule has 0 aliphatic carbocycles. The molecule has 0 radical (unpaired) electrons. The van der Waals surface area contributed by atoms with Crippen molar-refractivity contribution in [3.63, 3.8) is 0 Å². The van der Waals surface area contributed by atoms with Crippen LogP contribution in [0.1, 0.15) is 18.5 Å². The molecule has 0 unspecified atom stereocenters. The Morgan fingerprint density at radius 3 is 2.50 bits per heavy atom. The molecule has 2 aromatic rings. The number of hydrogen-bond donors (Lipinski definition) is 1. The Bertz CT molecular complexity index is 832. The van der Waals surface area contributed by atoms with Crippen LogP contribution in [0.3, 0.4) is 0 Å². The number of amides is 1.